The number of nitrogens with one attached hydrogen (secondary N) is 2. The smallest absolute Gasteiger partial charge is 0.254 e. The van der Waals surface area contributed by atoms with E-state index in [4.69, 9.17) is 0 Å². The lowest BCUT2D eigenvalue weighted by atomic mass is 10.0. The molecule has 0 fully saturated rings. The zero-order valence-corrected chi connectivity index (χ0v) is 15.3. The van der Waals surface area contributed by atoms with Crippen LogP contribution in [0, 0.1) is 11.6 Å². The van der Waals surface area contributed by atoms with Gasteiger partial charge in [-0.25, -0.2) is 8.78 Å². The molecule has 2 N–H and O–H groups in total. The molecule has 27 heavy (non-hydrogen) atoms. The highest BCUT2D eigenvalue weighted by Crippen LogP contribution is 2.18. The topological polar surface area (TPSA) is 58.2 Å². The van der Waals surface area contributed by atoms with Crippen molar-refractivity contribution in [1.29, 1.82) is 0 Å². The van der Waals surface area contributed by atoms with E-state index in [0.29, 0.717) is 12.5 Å². The van der Waals surface area contributed by atoms with Crippen molar-refractivity contribution in [2.75, 3.05) is 6.54 Å². The van der Waals surface area contributed by atoms with Gasteiger partial charge >= 0.3 is 0 Å². The first kappa shape index (κ1) is 20.6. The average molecular weight is 374 g/mol. The molecule has 0 heterocycles. The third kappa shape index (κ3) is 6.47. The van der Waals surface area contributed by atoms with Crippen molar-refractivity contribution in [1.82, 2.24) is 10.6 Å². The predicted molar refractivity (Wildman–Crippen MR) is 100 cm³/mol. The molecule has 0 saturated heterocycles. The first-order chi connectivity index (χ1) is 13.0. The molecule has 0 bridgehead atoms. The van der Waals surface area contributed by atoms with E-state index in [1.54, 1.807) is 0 Å². The van der Waals surface area contributed by atoms with E-state index in [0.717, 1.165) is 30.5 Å². The fourth-order valence-electron chi connectivity index (χ4n) is 2.78. The fourth-order valence-corrected chi connectivity index (χ4v) is 2.78. The van der Waals surface area contributed by atoms with Gasteiger partial charge in [-0.2, -0.15) is 0 Å². The summed E-state index contributed by atoms with van der Waals surface area (Å²) in [5.74, 6) is -2.36. The van der Waals surface area contributed by atoms with Crippen LogP contribution in [0.5, 0.6) is 0 Å². The minimum absolute atomic E-state index is 0.0356. The Morgan fingerprint density at radius 3 is 2.48 bits per heavy atom. The summed E-state index contributed by atoms with van der Waals surface area (Å²) in [6.07, 6.45) is 2.46. The summed E-state index contributed by atoms with van der Waals surface area (Å²) in [7, 11) is 0. The Labute approximate surface area is 158 Å². The van der Waals surface area contributed by atoms with E-state index in [2.05, 4.69) is 17.6 Å². The molecule has 0 radical (unpaired) electrons. The minimum atomic E-state index is -0.907. The SMILES string of the molecule is CCCC(NC(=O)CCCNC(=O)c1ccc(F)cc1F)c1ccccc1. The minimum Gasteiger partial charge on any atom is -0.352 e. The lowest BCUT2D eigenvalue weighted by Gasteiger charge is -2.18. The molecule has 2 aromatic carbocycles. The van der Waals surface area contributed by atoms with Crippen molar-refractivity contribution in [3.05, 3.63) is 71.3 Å². The molecule has 2 rings (SSSR count). The molecule has 144 valence electrons. The van der Waals surface area contributed by atoms with Gasteiger partial charge in [-0.15, -0.1) is 0 Å². The quantitative estimate of drug-likeness (QED) is 0.649. The monoisotopic (exact) mass is 374 g/mol. The number of amides is 2. The summed E-state index contributed by atoms with van der Waals surface area (Å²) in [6.45, 7) is 2.29. The number of carbonyl (C=O) groups is 2. The number of rotatable bonds is 9. The van der Waals surface area contributed by atoms with Gasteiger partial charge in [-0.1, -0.05) is 43.7 Å². The molecule has 0 saturated carbocycles. The second kappa shape index (κ2) is 10.4. The summed E-state index contributed by atoms with van der Waals surface area (Å²) in [4.78, 5) is 24.1. The van der Waals surface area contributed by atoms with Crippen LogP contribution in [0.1, 0.15) is 54.6 Å². The van der Waals surface area contributed by atoms with Gasteiger partial charge < -0.3 is 10.6 Å². The predicted octanol–water partition coefficient (Wildman–Crippen LogP) is 4.13. The first-order valence-corrected chi connectivity index (χ1v) is 9.08. The van der Waals surface area contributed by atoms with Gasteiger partial charge in [-0.05, 0) is 30.5 Å². The van der Waals surface area contributed by atoms with Crippen LogP contribution in [-0.2, 0) is 4.79 Å². The maximum atomic E-state index is 13.6. The summed E-state index contributed by atoms with van der Waals surface area (Å²) in [5, 5.41) is 5.56. The molecule has 6 heteroatoms. The highest BCUT2D eigenvalue weighted by atomic mass is 19.1. The summed E-state index contributed by atoms with van der Waals surface area (Å²) < 4.78 is 26.4. The first-order valence-electron chi connectivity index (χ1n) is 9.08. The molecule has 4 nitrogen and oxygen atoms in total. The number of hydrogen-bond acceptors (Lipinski definition) is 2. The van der Waals surface area contributed by atoms with E-state index in [9.17, 15) is 18.4 Å². The molecular weight excluding hydrogens is 350 g/mol. The molecular formula is C21H24F2N2O2. The van der Waals surface area contributed by atoms with Crippen LogP contribution < -0.4 is 10.6 Å². The Balaban J connectivity index is 1.77. The maximum Gasteiger partial charge on any atom is 0.254 e. The lowest BCUT2D eigenvalue weighted by molar-refractivity contribution is -0.122. The van der Waals surface area contributed by atoms with Crippen molar-refractivity contribution in [2.45, 2.75) is 38.6 Å². The van der Waals surface area contributed by atoms with Crippen molar-refractivity contribution >= 4 is 11.8 Å². The second-order valence-corrected chi connectivity index (χ2v) is 6.30. The Bertz CT molecular complexity index is 766. The average Bonchev–Trinajstić information content (AvgIpc) is 2.65. The molecule has 0 aromatic heterocycles. The van der Waals surface area contributed by atoms with Crippen molar-refractivity contribution < 1.29 is 18.4 Å². The van der Waals surface area contributed by atoms with Crippen molar-refractivity contribution in [3.8, 4) is 0 Å². The molecule has 0 aliphatic carbocycles. The van der Waals surface area contributed by atoms with Gasteiger partial charge in [0, 0.05) is 19.0 Å². The third-order valence-corrected chi connectivity index (χ3v) is 4.16. The number of hydrogen-bond donors (Lipinski definition) is 2. The highest BCUT2D eigenvalue weighted by molar-refractivity contribution is 5.94. The maximum absolute atomic E-state index is 13.6. The lowest BCUT2D eigenvalue weighted by Crippen LogP contribution is -2.30. The van der Waals surface area contributed by atoms with E-state index in [-0.39, 0.29) is 30.5 Å². The highest BCUT2D eigenvalue weighted by Gasteiger charge is 2.14. The zero-order chi connectivity index (χ0) is 19.6. The van der Waals surface area contributed by atoms with Crippen LogP contribution in [0.4, 0.5) is 8.78 Å². The van der Waals surface area contributed by atoms with Gasteiger partial charge in [0.15, 0.2) is 0 Å². The van der Waals surface area contributed by atoms with Crippen molar-refractivity contribution in [3.63, 3.8) is 0 Å². The number of benzene rings is 2. The Morgan fingerprint density at radius 2 is 1.81 bits per heavy atom. The summed E-state index contributed by atoms with van der Waals surface area (Å²) >= 11 is 0. The largest absolute Gasteiger partial charge is 0.352 e. The third-order valence-electron chi connectivity index (χ3n) is 4.16. The Hall–Kier alpha value is -2.76. The van der Waals surface area contributed by atoms with Crippen molar-refractivity contribution in [2.24, 2.45) is 0 Å². The van der Waals surface area contributed by atoms with Crippen LogP contribution in [-0.4, -0.2) is 18.4 Å². The fraction of sp³-hybridized carbons (Fsp3) is 0.333. The van der Waals surface area contributed by atoms with Gasteiger partial charge in [-0.3, -0.25) is 9.59 Å². The standard InChI is InChI=1S/C21H24F2N2O2/c1-2-7-19(15-8-4-3-5-9-15)25-20(26)10-6-13-24-21(27)17-12-11-16(22)14-18(17)23/h3-5,8-9,11-12,14,19H,2,6-7,10,13H2,1H3,(H,24,27)(H,25,26). The van der Waals surface area contributed by atoms with Crippen LogP contribution >= 0.6 is 0 Å². The zero-order valence-electron chi connectivity index (χ0n) is 15.3. The van der Waals surface area contributed by atoms with Crippen LogP contribution in [0.25, 0.3) is 0 Å². The normalized spacial score (nSPS) is 11.7. The van der Waals surface area contributed by atoms with Crippen LogP contribution in [0.2, 0.25) is 0 Å². The van der Waals surface area contributed by atoms with E-state index < -0.39 is 17.5 Å². The van der Waals surface area contributed by atoms with Gasteiger partial charge in [0.25, 0.3) is 5.91 Å². The van der Waals surface area contributed by atoms with E-state index in [1.165, 1.54) is 0 Å². The second-order valence-electron chi connectivity index (χ2n) is 6.30. The van der Waals surface area contributed by atoms with Crippen LogP contribution in [0.15, 0.2) is 48.5 Å². The Kier molecular flexibility index (Phi) is 7.92. The molecule has 2 amide bonds. The Morgan fingerprint density at radius 1 is 1.07 bits per heavy atom. The molecule has 2 aromatic rings. The van der Waals surface area contributed by atoms with E-state index in [1.807, 2.05) is 30.3 Å². The molecule has 1 unspecified atom stereocenters. The van der Waals surface area contributed by atoms with Crippen LogP contribution in [0.3, 0.4) is 0 Å². The van der Waals surface area contributed by atoms with Gasteiger partial charge in [0.1, 0.15) is 11.6 Å². The molecule has 0 spiro atoms. The van der Waals surface area contributed by atoms with E-state index >= 15 is 0 Å². The molecule has 0 aliphatic heterocycles. The summed E-state index contributed by atoms with van der Waals surface area (Å²) in [5.41, 5.74) is 0.848. The van der Waals surface area contributed by atoms with Gasteiger partial charge in [0.2, 0.25) is 5.91 Å². The number of halogens is 2. The van der Waals surface area contributed by atoms with Gasteiger partial charge in [0.05, 0.1) is 11.6 Å². The molecule has 0 aliphatic rings. The molecule has 1 atom stereocenters. The number of carbonyl (C=O) groups excluding carboxylic acids is 2. The summed E-state index contributed by atoms with van der Waals surface area (Å²) in [6, 6.07) is 12.5.